The van der Waals surface area contributed by atoms with Crippen molar-refractivity contribution in [2.24, 2.45) is 11.3 Å². The molecule has 1 spiro atoms. The minimum absolute atomic E-state index is 0.0270. The second-order valence-electron chi connectivity index (χ2n) is 17.5. The number of aromatic nitrogens is 1. The first-order valence-corrected chi connectivity index (χ1v) is 20.3. The average molecular weight is 753 g/mol. The molecule has 11 heteroatoms. The van der Waals surface area contributed by atoms with Gasteiger partial charge in [0.15, 0.2) is 0 Å². The molecule has 294 valence electrons. The maximum Gasteiger partial charge on any atom is 0.322 e. The topological polar surface area (TPSA) is 128 Å². The summed E-state index contributed by atoms with van der Waals surface area (Å²) >= 11 is 0. The SMILES string of the molecule is CCC1(O)CC2CN(CCc3c([nH]c4ccccc34)C(C(=O)OC)(c3cc4c(cc3OC)N(C)C3C(O)C(OC(C)=O)C5(CC)C=CCN6CCC43C65)C2)C1. The van der Waals surface area contributed by atoms with Crippen LogP contribution < -0.4 is 9.64 Å². The van der Waals surface area contributed by atoms with Gasteiger partial charge in [-0.2, -0.15) is 0 Å². The molecule has 3 N–H and O–H groups in total. The summed E-state index contributed by atoms with van der Waals surface area (Å²) < 4.78 is 18.4. The fourth-order valence-corrected chi connectivity index (χ4v) is 13.0. The minimum atomic E-state index is -1.32. The molecule has 1 aliphatic carbocycles. The molecule has 0 radical (unpaired) electrons. The Kier molecular flexibility index (Phi) is 8.55. The lowest BCUT2D eigenvalue weighted by molar-refractivity contribution is -0.184. The van der Waals surface area contributed by atoms with Crippen molar-refractivity contribution in [1.82, 2.24) is 14.8 Å². The molecule has 2 aromatic carbocycles. The number of piperidine rings is 1. The molecule has 1 aromatic heterocycles. The second-order valence-corrected chi connectivity index (χ2v) is 17.5. The summed E-state index contributed by atoms with van der Waals surface area (Å²) in [5, 5.41) is 25.6. The quantitative estimate of drug-likeness (QED) is 0.246. The average Bonchev–Trinajstić information content (AvgIpc) is 3.84. The third-order valence-corrected chi connectivity index (χ3v) is 15.0. The van der Waals surface area contributed by atoms with Crippen molar-refractivity contribution in [3.05, 3.63) is 70.9 Å². The first-order chi connectivity index (χ1) is 26.4. The highest BCUT2D eigenvalue weighted by atomic mass is 16.6. The number of anilines is 1. The van der Waals surface area contributed by atoms with Gasteiger partial charge in [-0.05, 0) is 74.2 Å². The Morgan fingerprint density at radius 1 is 1.05 bits per heavy atom. The number of likely N-dealkylation sites (N-methyl/N-ethyl adjacent to an activating group) is 1. The number of fused-ring (bicyclic) bond motifs is 6. The summed E-state index contributed by atoms with van der Waals surface area (Å²) in [7, 11) is 5.16. The number of hydrogen-bond acceptors (Lipinski definition) is 10. The van der Waals surface area contributed by atoms with Crippen molar-refractivity contribution in [3.8, 4) is 5.75 Å². The lowest BCUT2D eigenvalue weighted by Crippen LogP contribution is -2.74. The van der Waals surface area contributed by atoms with E-state index in [0.717, 1.165) is 71.6 Å². The van der Waals surface area contributed by atoms with Gasteiger partial charge < -0.3 is 34.3 Å². The number of hydrogen-bond donors (Lipinski definition) is 3. The molecule has 0 amide bonds. The van der Waals surface area contributed by atoms with E-state index in [9.17, 15) is 15.0 Å². The number of rotatable bonds is 6. The summed E-state index contributed by atoms with van der Waals surface area (Å²) in [6.07, 6.45) is 6.45. The van der Waals surface area contributed by atoms with Crippen LogP contribution in [0.4, 0.5) is 5.69 Å². The zero-order chi connectivity index (χ0) is 38.7. The molecule has 10 unspecified atom stereocenters. The molecule has 6 heterocycles. The van der Waals surface area contributed by atoms with Crippen molar-refractivity contribution in [1.29, 1.82) is 0 Å². The van der Waals surface area contributed by atoms with E-state index in [1.54, 1.807) is 7.11 Å². The van der Waals surface area contributed by atoms with Crippen LogP contribution in [0.25, 0.3) is 10.9 Å². The smallest absolute Gasteiger partial charge is 0.322 e. The van der Waals surface area contributed by atoms with Crippen LogP contribution >= 0.6 is 0 Å². The van der Waals surface area contributed by atoms with Crippen LogP contribution in [0, 0.1) is 11.3 Å². The first kappa shape index (κ1) is 36.7. The van der Waals surface area contributed by atoms with Gasteiger partial charge in [-0.25, -0.2) is 0 Å². The van der Waals surface area contributed by atoms with Gasteiger partial charge in [0.2, 0.25) is 0 Å². The summed E-state index contributed by atoms with van der Waals surface area (Å²) in [6, 6.07) is 12.1. The molecule has 3 fully saturated rings. The van der Waals surface area contributed by atoms with E-state index in [1.807, 2.05) is 26.1 Å². The van der Waals surface area contributed by atoms with E-state index in [1.165, 1.54) is 14.0 Å². The number of carbonyl (C=O) groups is 2. The number of nitrogens with one attached hydrogen (secondary N) is 1. The van der Waals surface area contributed by atoms with E-state index in [-0.39, 0.29) is 17.9 Å². The molecule has 5 aliphatic heterocycles. The number of aliphatic hydroxyl groups is 2. The van der Waals surface area contributed by atoms with Crippen molar-refractivity contribution in [3.63, 3.8) is 0 Å². The van der Waals surface area contributed by atoms with Crippen molar-refractivity contribution >= 4 is 28.5 Å². The van der Waals surface area contributed by atoms with Crippen LogP contribution in [0.3, 0.4) is 0 Å². The Balaban J connectivity index is 1.33. The fourth-order valence-electron chi connectivity index (χ4n) is 13.0. The second kappa shape index (κ2) is 12.8. The van der Waals surface area contributed by atoms with Crippen molar-refractivity contribution in [2.45, 2.75) is 100 Å². The predicted molar refractivity (Wildman–Crippen MR) is 209 cm³/mol. The van der Waals surface area contributed by atoms with Gasteiger partial charge in [0.05, 0.1) is 25.9 Å². The predicted octanol–water partition coefficient (Wildman–Crippen LogP) is 4.45. The fraction of sp³-hybridized carbons (Fsp3) is 0.591. The lowest BCUT2D eigenvalue weighted by atomic mass is 9.51. The van der Waals surface area contributed by atoms with Crippen molar-refractivity contribution < 1.29 is 34.0 Å². The molecule has 1 saturated carbocycles. The summed E-state index contributed by atoms with van der Waals surface area (Å²) in [4.78, 5) is 38.8. The van der Waals surface area contributed by atoms with E-state index in [0.29, 0.717) is 44.4 Å². The van der Waals surface area contributed by atoms with Crippen LogP contribution in [0.5, 0.6) is 5.75 Å². The third-order valence-electron chi connectivity index (χ3n) is 15.0. The van der Waals surface area contributed by atoms with Crippen LogP contribution in [-0.4, -0.2) is 121 Å². The number of aromatic amines is 1. The van der Waals surface area contributed by atoms with Gasteiger partial charge in [0.1, 0.15) is 23.4 Å². The number of H-pyrrole nitrogens is 1. The summed E-state index contributed by atoms with van der Waals surface area (Å²) in [5.74, 6) is -0.228. The number of carbonyl (C=O) groups excluding carboxylic acids is 2. The number of nitrogens with zero attached hydrogens (tertiary/aromatic N) is 3. The molecular weight excluding hydrogens is 697 g/mol. The van der Waals surface area contributed by atoms with E-state index >= 15 is 4.79 Å². The van der Waals surface area contributed by atoms with Gasteiger partial charge in [-0.15, -0.1) is 0 Å². The van der Waals surface area contributed by atoms with Gasteiger partial charge in [0.25, 0.3) is 0 Å². The number of esters is 2. The number of para-hydroxylation sites is 1. The minimum Gasteiger partial charge on any atom is -0.496 e. The molecular formula is C44H56N4O7. The number of benzene rings is 2. The molecule has 9 rings (SSSR count). The van der Waals surface area contributed by atoms with Gasteiger partial charge >= 0.3 is 11.9 Å². The number of methoxy groups -OCH3 is 2. The standard InChI is InChI=1S/C44H56N4O7/c1-7-41(52)22-27-23-44(40(51)54-6,36-29(14-18-47(24-27)25-41)28-12-9-10-13-32(28)45-36)31-20-30-33(21-34(31)53-5)46(4)37-35(50)38(55-26(3)49)42(8-2)15-11-17-48-19-16-43(30,37)39(42)48/h9-13,15,20-21,27,35,37-39,45,50,52H,7-8,14,16-19,22-25H2,1-6H3. The monoisotopic (exact) mass is 752 g/mol. The van der Waals surface area contributed by atoms with Crippen molar-refractivity contribution in [2.75, 3.05) is 58.9 Å². The molecule has 2 saturated heterocycles. The Morgan fingerprint density at radius 3 is 2.58 bits per heavy atom. The van der Waals surface area contributed by atoms with E-state index in [4.69, 9.17) is 14.2 Å². The molecule has 10 atom stereocenters. The highest BCUT2D eigenvalue weighted by molar-refractivity contribution is 5.94. The Hall–Kier alpha value is -3.90. The molecule has 3 aromatic rings. The summed E-state index contributed by atoms with van der Waals surface area (Å²) in [6.45, 7) is 9.32. The molecule has 11 nitrogen and oxygen atoms in total. The first-order valence-electron chi connectivity index (χ1n) is 20.3. The number of ether oxygens (including phenoxy) is 3. The Bertz CT molecular complexity index is 2080. The van der Waals surface area contributed by atoms with Crippen LogP contribution in [0.1, 0.15) is 75.3 Å². The van der Waals surface area contributed by atoms with Gasteiger partial charge in [-0.1, -0.05) is 44.2 Å². The lowest BCUT2D eigenvalue weighted by Gasteiger charge is -2.60. The summed E-state index contributed by atoms with van der Waals surface area (Å²) in [5.41, 5.74) is 2.26. The number of aliphatic hydroxyl groups excluding tert-OH is 1. The third kappa shape index (κ3) is 4.88. The normalized spacial score (nSPS) is 37.6. The zero-order valence-electron chi connectivity index (χ0n) is 33.1. The Labute approximate surface area is 323 Å². The molecule has 2 bridgehead atoms. The van der Waals surface area contributed by atoms with Gasteiger partial charge in [0, 0.05) is 90.9 Å². The molecule has 55 heavy (non-hydrogen) atoms. The van der Waals surface area contributed by atoms with E-state index < -0.39 is 46.1 Å². The van der Waals surface area contributed by atoms with Crippen LogP contribution in [-0.2, 0) is 36.3 Å². The molecule has 6 aliphatic rings. The largest absolute Gasteiger partial charge is 0.496 e. The maximum atomic E-state index is 15.2. The van der Waals surface area contributed by atoms with Crippen LogP contribution in [0.2, 0.25) is 0 Å². The Morgan fingerprint density at radius 2 is 1.85 bits per heavy atom. The zero-order valence-corrected chi connectivity index (χ0v) is 33.1. The highest BCUT2D eigenvalue weighted by Crippen LogP contribution is 2.66. The highest BCUT2D eigenvalue weighted by Gasteiger charge is 2.73. The van der Waals surface area contributed by atoms with E-state index in [2.05, 4.69) is 63.0 Å². The maximum absolute atomic E-state index is 15.2. The van der Waals surface area contributed by atoms with Crippen LogP contribution in [0.15, 0.2) is 48.6 Å². The van der Waals surface area contributed by atoms with Gasteiger partial charge in [-0.3, -0.25) is 19.4 Å².